The van der Waals surface area contributed by atoms with Gasteiger partial charge in [-0.05, 0) is 50.1 Å². The number of fused-ring (bicyclic) bond motifs is 1. The largest absolute Gasteiger partial charge is 0.493 e. The van der Waals surface area contributed by atoms with Crippen LogP contribution in [0.2, 0.25) is 0 Å². The SMILES string of the molecule is COc1ccc(C2=NN(CC(=O)Nc3cccc(-c4nnc(=O)sc4C)c3)C(=O)C3CC=CCC23)cc1OC. The van der Waals surface area contributed by atoms with Gasteiger partial charge in [0.2, 0.25) is 11.8 Å². The van der Waals surface area contributed by atoms with Gasteiger partial charge in [0.05, 0.1) is 25.8 Å². The minimum absolute atomic E-state index is 0.0949. The number of carbonyl (C=O) groups is 2. The molecular weight excluding hydrogens is 518 g/mol. The molecule has 1 aromatic heterocycles. The standard InChI is InChI=1S/C28H27N5O5S/c1-16-25(30-31-28(36)39-16)17-7-6-8-19(13-17)29-24(34)15-33-27(35)21-10-5-4-9-20(21)26(32-33)18-11-12-22(37-2)23(14-18)38-3/h4-8,11-14,20-21H,9-10,15H2,1-3H3,(H,29,34). The number of rotatable bonds is 7. The molecule has 11 heteroatoms. The highest BCUT2D eigenvalue weighted by atomic mass is 32.1. The van der Waals surface area contributed by atoms with Gasteiger partial charge in [0.15, 0.2) is 11.5 Å². The topological polar surface area (TPSA) is 123 Å². The number of hydrogen-bond donors (Lipinski definition) is 1. The molecular formula is C28H27N5O5S. The van der Waals surface area contributed by atoms with Crippen molar-refractivity contribution in [1.82, 2.24) is 15.2 Å². The second-order valence-electron chi connectivity index (χ2n) is 9.21. The van der Waals surface area contributed by atoms with Crippen LogP contribution in [0.3, 0.4) is 0 Å². The summed E-state index contributed by atoms with van der Waals surface area (Å²) < 4.78 is 10.8. The van der Waals surface area contributed by atoms with Gasteiger partial charge in [0, 0.05) is 27.6 Å². The molecule has 2 heterocycles. The summed E-state index contributed by atoms with van der Waals surface area (Å²) >= 11 is 1.01. The number of aryl methyl sites for hydroxylation is 1. The van der Waals surface area contributed by atoms with E-state index in [1.54, 1.807) is 39.3 Å². The lowest BCUT2D eigenvalue weighted by atomic mass is 9.76. The summed E-state index contributed by atoms with van der Waals surface area (Å²) in [5.41, 5.74) is 3.36. The highest BCUT2D eigenvalue weighted by Crippen LogP contribution is 2.37. The number of amides is 2. The Bertz CT molecular complexity index is 1550. The first-order chi connectivity index (χ1) is 18.9. The van der Waals surface area contributed by atoms with Crippen LogP contribution in [0.25, 0.3) is 11.3 Å². The monoisotopic (exact) mass is 545 g/mol. The van der Waals surface area contributed by atoms with Gasteiger partial charge in [-0.2, -0.15) is 5.10 Å². The van der Waals surface area contributed by atoms with E-state index >= 15 is 0 Å². The van der Waals surface area contributed by atoms with E-state index in [1.807, 2.05) is 30.3 Å². The number of allylic oxidation sites excluding steroid dienone is 2. The number of anilines is 1. The van der Waals surface area contributed by atoms with Crippen LogP contribution in [0.5, 0.6) is 11.5 Å². The Labute approximate surface area is 229 Å². The van der Waals surface area contributed by atoms with Gasteiger partial charge in [-0.3, -0.25) is 14.4 Å². The second kappa shape index (κ2) is 11.2. The lowest BCUT2D eigenvalue weighted by Crippen LogP contribution is -2.47. The first kappa shape index (κ1) is 26.2. The number of ether oxygens (including phenoxy) is 2. The van der Waals surface area contributed by atoms with Crippen LogP contribution in [0.4, 0.5) is 5.69 Å². The summed E-state index contributed by atoms with van der Waals surface area (Å²) in [7, 11) is 3.14. The highest BCUT2D eigenvalue weighted by Gasteiger charge is 2.40. The Hall–Kier alpha value is -4.38. The zero-order chi connectivity index (χ0) is 27.5. The smallest absolute Gasteiger partial charge is 0.345 e. The molecule has 3 aromatic rings. The normalized spacial score (nSPS) is 18.3. The summed E-state index contributed by atoms with van der Waals surface area (Å²) in [5.74, 6) is 0.190. The molecule has 1 N–H and O–H groups in total. The molecule has 0 saturated carbocycles. The average molecular weight is 546 g/mol. The van der Waals surface area contributed by atoms with Crippen LogP contribution in [0.1, 0.15) is 23.3 Å². The fraction of sp³-hybridized carbons (Fsp3) is 0.286. The van der Waals surface area contributed by atoms with E-state index in [0.717, 1.165) is 27.5 Å². The van der Waals surface area contributed by atoms with Gasteiger partial charge in [-0.1, -0.05) is 40.7 Å². The van der Waals surface area contributed by atoms with Crippen LogP contribution in [-0.2, 0) is 9.59 Å². The third kappa shape index (κ3) is 5.44. The zero-order valence-corrected chi connectivity index (χ0v) is 22.5. The molecule has 0 spiro atoms. The first-order valence-corrected chi connectivity index (χ1v) is 13.2. The van der Waals surface area contributed by atoms with Crippen molar-refractivity contribution in [3.8, 4) is 22.8 Å². The van der Waals surface area contributed by atoms with Crippen LogP contribution < -0.4 is 19.7 Å². The van der Waals surface area contributed by atoms with E-state index in [4.69, 9.17) is 9.47 Å². The second-order valence-corrected chi connectivity index (χ2v) is 10.4. The third-order valence-corrected chi connectivity index (χ3v) is 7.54. The molecule has 1 aliphatic heterocycles. The van der Waals surface area contributed by atoms with Gasteiger partial charge in [0.25, 0.3) is 0 Å². The molecule has 2 unspecified atom stereocenters. The molecule has 2 amide bonds. The molecule has 5 rings (SSSR count). The fourth-order valence-corrected chi connectivity index (χ4v) is 5.52. The van der Waals surface area contributed by atoms with Crippen molar-refractivity contribution in [2.24, 2.45) is 16.9 Å². The molecule has 10 nitrogen and oxygen atoms in total. The maximum Gasteiger partial charge on any atom is 0.345 e. The number of benzene rings is 2. The van der Waals surface area contributed by atoms with E-state index in [-0.39, 0.29) is 35.1 Å². The molecule has 2 aliphatic rings. The van der Waals surface area contributed by atoms with Crippen molar-refractivity contribution in [2.45, 2.75) is 19.8 Å². The summed E-state index contributed by atoms with van der Waals surface area (Å²) in [6, 6.07) is 12.6. The van der Waals surface area contributed by atoms with E-state index < -0.39 is 0 Å². The van der Waals surface area contributed by atoms with Gasteiger partial charge in [-0.25, -0.2) is 5.01 Å². The zero-order valence-electron chi connectivity index (χ0n) is 21.7. The molecule has 0 radical (unpaired) electrons. The quantitative estimate of drug-likeness (QED) is 0.450. The van der Waals surface area contributed by atoms with Crippen molar-refractivity contribution in [1.29, 1.82) is 0 Å². The molecule has 1 aliphatic carbocycles. The Morgan fingerprint density at radius 3 is 2.51 bits per heavy atom. The van der Waals surface area contributed by atoms with Crippen molar-refractivity contribution >= 4 is 34.6 Å². The number of hydrogen-bond acceptors (Lipinski definition) is 9. The fourth-order valence-electron chi connectivity index (χ4n) is 4.92. The predicted molar refractivity (Wildman–Crippen MR) is 148 cm³/mol. The summed E-state index contributed by atoms with van der Waals surface area (Å²) in [5, 5.41) is 16.4. The van der Waals surface area contributed by atoms with Crippen LogP contribution >= 0.6 is 11.3 Å². The molecule has 2 aromatic carbocycles. The van der Waals surface area contributed by atoms with Gasteiger partial charge in [0.1, 0.15) is 12.2 Å². The molecule has 0 fully saturated rings. The number of nitrogens with one attached hydrogen (secondary N) is 1. The van der Waals surface area contributed by atoms with Gasteiger partial charge < -0.3 is 14.8 Å². The van der Waals surface area contributed by atoms with Crippen LogP contribution in [0.15, 0.2) is 64.5 Å². The first-order valence-electron chi connectivity index (χ1n) is 12.4. The molecule has 0 saturated heterocycles. The molecule has 2 atom stereocenters. The lowest BCUT2D eigenvalue weighted by molar-refractivity contribution is -0.140. The lowest BCUT2D eigenvalue weighted by Gasteiger charge is -2.36. The Morgan fingerprint density at radius 2 is 1.77 bits per heavy atom. The maximum atomic E-state index is 13.4. The minimum atomic E-state index is -0.388. The predicted octanol–water partition coefficient (Wildman–Crippen LogP) is 3.66. The number of carbonyl (C=O) groups excluding carboxylic acids is 2. The van der Waals surface area contributed by atoms with Crippen molar-refractivity contribution < 1.29 is 19.1 Å². The van der Waals surface area contributed by atoms with E-state index in [9.17, 15) is 14.4 Å². The molecule has 200 valence electrons. The van der Waals surface area contributed by atoms with Gasteiger partial charge >= 0.3 is 4.87 Å². The van der Waals surface area contributed by atoms with Crippen molar-refractivity contribution in [3.63, 3.8) is 0 Å². The Balaban J connectivity index is 1.40. The van der Waals surface area contributed by atoms with E-state index in [0.29, 0.717) is 41.3 Å². The summed E-state index contributed by atoms with van der Waals surface area (Å²) in [6.07, 6.45) is 5.34. The Kier molecular flexibility index (Phi) is 7.51. The van der Waals surface area contributed by atoms with Crippen LogP contribution in [0, 0.1) is 18.8 Å². The molecule has 39 heavy (non-hydrogen) atoms. The van der Waals surface area contributed by atoms with E-state index in [1.165, 1.54) is 5.01 Å². The van der Waals surface area contributed by atoms with Crippen LogP contribution in [-0.4, -0.2) is 53.5 Å². The summed E-state index contributed by atoms with van der Waals surface area (Å²) in [6.45, 7) is 1.56. The molecule has 0 bridgehead atoms. The number of methoxy groups -OCH3 is 2. The van der Waals surface area contributed by atoms with Crippen molar-refractivity contribution in [3.05, 3.63) is 74.7 Å². The highest BCUT2D eigenvalue weighted by molar-refractivity contribution is 7.09. The number of aromatic nitrogens is 2. The minimum Gasteiger partial charge on any atom is -0.493 e. The summed E-state index contributed by atoms with van der Waals surface area (Å²) in [4.78, 5) is 38.3. The Morgan fingerprint density at radius 1 is 1.00 bits per heavy atom. The van der Waals surface area contributed by atoms with E-state index in [2.05, 4.69) is 26.7 Å². The number of nitrogens with zero attached hydrogens (tertiary/aromatic N) is 4. The van der Waals surface area contributed by atoms with Gasteiger partial charge in [-0.15, -0.1) is 5.10 Å². The van der Waals surface area contributed by atoms with Crippen molar-refractivity contribution in [2.75, 3.05) is 26.1 Å². The maximum absolute atomic E-state index is 13.4. The third-order valence-electron chi connectivity index (χ3n) is 6.78. The number of hydrazone groups is 1. The average Bonchev–Trinajstić information content (AvgIpc) is 2.94.